The number of nitrogens with one attached hydrogen (secondary N) is 1. The van der Waals surface area contributed by atoms with Crippen molar-refractivity contribution >= 4 is 0 Å². The highest BCUT2D eigenvalue weighted by Crippen LogP contribution is 2.09. The minimum atomic E-state index is -2.53. The van der Waals surface area contributed by atoms with Crippen LogP contribution in [0, 0.1) is 0 Å². The van der Waals surface area contributed by atoms with Crippen molar-refractivity contribution in [3.05, 3.63) is 0 Å². The summed E-state index contributed by atoms with van der Waals surface area (Å²) in [4.78, 5) is 1.12. The van der Waals surface area contributed by atoms with Crippen molar-refractivity contribution in [1.82, 2.24) is 0 Å². The molecule has 0 rings (SSSR count). The largest absolute Gasteiger partial charge is 1.00 e. The van der Waals surface area contributed by atoms with Gasteiger partial charge in [0.2, 0.25) is 0 Å². The molecule has 0 aromatic carbocycles. The maximum absolute atomic E-state index is 9.32. The summed E-state index contributed by atoms with van der Waals surface area (Å²) < 4.78 is 0. The molecule has 0 bridgehead atoms. The van der Waals surface area contributed by atoms with E-state index in [0.717, 1.165) is 30.8 Å². The Morgan fingerprint density at radius 1 is 0.519 bits per heavy atom. The summed E-state index contributed by atoms with van der Waals surface area (Å²) in [6.07, 6.45) is 20.5. The molecule has 0 spiro atoms. The van der Waals surface area contributed by atoms with Crippen LogP contribution in [0.5, 0.6) is 0 Å². The van der Waals surface area contributed by atoms with Gasteiger partial charge in [0.05, 0.1) is 13.1 Å². The van der Waals surface area contributed by atoms with Gasteiger partial charge in [-0.2, -0.15) is 0 Å². The Hall–Kier alpha value is 0.130. The first-order chi connectivity index (χ1) is 12.5. The molecule has 0 saturated carbocycles. The summed E-state index contributed by atoms with van der Waals surface area (Å²) in [5.74, 6) is -2.53. The van der Waals surface area contributed by atoms with Crippen LogP contribution in [0.25, 0.3) is 0 Å². The quantitative estimate of drug-likeness (QED) is 0.177. The maximum atomic E-state index is 9.32. The Balaban J connectivity index is 0. The molecular formula is C22H48ClNO3. The average molecular weight is 410 g/mol. The molecule has 0 aromatic heterocycles. The van der Waals surface area contributed by atoms with Gasteiger partial charge in [-0.3, -0.25) is 0 Å². The molecule has 0 atom stereocenters. The summed E-state index contributed by atoms with van der Waals surface area (Å²) in [5, 5.41) is 28.0. The van der Waals surface area contributed by atoms with E-state index in [4.69, 9.17) is 0 Å². The molecular weight excluding hydrogens is 362 g/mol. The van der Waals surface area contributed by atoms with E-state index in [-0.39, 0.29) is 19.0 Å². The Labute approximate surface area is 175 Å². The van der Waals surface area contributed by atoms with E-state index in [2.05, 4.69) is 13.8 Å². The van der Waals surface area contributed by atoms with Gasteiger partial charge in [-0.25, -0.2) is 0 Å². The van der Waals surface area contributed by atoms with Crippen LogP contribution < -0.4 is 17.3 Å². The molecule has 5 heteroatoms. The molecule has 0 aliphatic heterocycles. The molecule has 0 aromatic rings. The highest BCUT2D eigenvalue weighted by atomic mass is 35.5. The lowest BCUT2D eigenvalue weighted by Gasteiger charge is -2.24. The Bertz CT molecular complexity index is 265. The van der Waals surface area contributed by atoms with Gasteiger partial charge >= 0.3 is 5.97 Å². The molecule has 0 unspecified atom stereocenters. The van der Waals surface area contributed by atoms with Crippen molar-refractivity contribution in [2.45, 2.75) is 123 Å². The normalized spacial score (nSPS) is 11.8. The van der Waals surface area contributed by atoms with Crippen molar-refractivity contribution in [3.63, 3.8) is 0 Å². The van der Waals surface area contributed by atoms with E-state index in [1.807, 2.05) is 0 Å². The fourth-order valence-electron chi connectivity index (χ4n) is 3.65. The van der Waals surface area contributed by atoms with E-state index < -0.39 is 5.97 Å². The second-order valence-electron chi connectivity index (χ2n) is 8.15. The molecule has 0 amide bonds. The number of hydrogen-bond acceptors (Lipinski definition) is 3. The summed E-state index contributed by atoms with van der Waals surface area (Å²) in [5.41, 5.74) is 0. The summed E-state index contributed by atoms with van der Waals surface area (Å²) in [7, 11) is 0. The lowest BCUT2D eigenvalue weighted by atomic mass is 10.1. The third-order valence-electron chi connectivity index (χ3n) is 5.25. The SMILES string of the molecule is CCCCCCCCCC[NH+](CCCCCCCCCC)CC(O)(O)O.[Cl-]. The summed E-state index contributed by atoms with van der Waals surface area (Å²) >= 11 is 0. The van der Waals surface area contributed by atoms with Gasteiger partial charge in [-0.15, -0.1) is 0 Å². The number of rotatable bonds is 20. The lowest BCUT2D eigenvalue weighted by Crippen LogP contribution is -3.14. The zero-order valence-electron chi connectivity index (χ0n) is 18.2. The number of quaternary nitrogens is 1. The van der Waals surface area contributed by atoms with E-state index in [1.165, 1.54) is 89.9 Å². The Morgan fingerprint density at radius 2 is 0.815 bits per heavy atom. The van der Waals surface area contributed by atoms with Crippen molar-refractivity contribution in [1.29, 1.82) is 0 Å². The van der Waals surface area contributed by atoms with Gasteiger partial charge in [0.15, 0.2) is 6.54 Å². The third-order valence-corrected chi connectivity index (χ3v) is 5.25. The zero-order valence-corrected chi connectivity index (χ0v) is 18.9. The maximum Gasteiger partial charge on any atom is 0.327 e. The topological polar surface area (TPSA) is 65.1 Å². The predicted octanol–water partition coefficient (Wildman–Crippen LogP) is 0.787. The number of halogens is 1. The van der Waals surface area contributed by atoms with Gasteiger partial charge in [0.1, 0.15) is 0 Å². The first-order valence-electron chi connectivity index (χ1n) is 11.5. The minimum absolute atomic E-state index is 0. The standard InChI is InChI=1S/C22H47NO3.ClH/c1-3-5-7-9-11-13-15-17-19-23(21-22(24,25)26)20-18-16-14-12-10-8-6-4-2;/h24-26H,3-21H2,1-2H3;1H. The molecule has 0 heterocycles. The van der Waals surface area contributed by atoms with E-state index >= 15 is 0 Å². The molecule has 0 radical (unpaired) electrons. The van der Waals surface area contributed by atoms with Crippen LogP contribution in [0.2, 0.25) is 0 Å². The lowest BCUT2D eigenvalue weighted by molar-refractivity contribution is -0.915. The molecule has 0 saturated heterocycles. The van der Waals surface area contributed by atoms with Crippen LogP contribution in [0.1, 0.15) is 117 Å². The molecule has 0 fully saturated rings. The van der Waals surface area contributed by atoms with Gasteiger partial charge in [0, 0.05) is 0 Å². The first kappa shape index (κ1) is 29.3. The van der Waals surface area contributed by atoms with Gasteiger partial charge in [0.25, 0.3) is 0 Å². The number of aliphatic hydroxyl groups is 3. The van der Waals surface area contributed by atoms with Crippen LogP contribution in [-0.4, -0.2) is 40.9 Å². The molecule has 166 valence electrons. The van der Waals surface area contributed by atoms with Crippen molar-refractivity contribution in [2.75, 3.05) is 19.6 Å². The van der Waals surface area contributed by atoms with E-state index in [0.29, 0.717) is 0 Å². The monoisotopic (exact) mass is 409 g/mol. The number of hydrogen-bond donors (Lipinski definition) is 4. The smallest absolute Gasteiger partial charge is 0.327 e. The van der Waals surface area contributed by atoms with Gasteiger partial charge in [-0.1, -0.05) is 90.9 Å². The molecule has 0 aliphatic rings. The fourth-order valence-corrected chi connectivity index (χ4v) is 3.65. The first-order valence-corrected chi connectivity index (χ1v) is 11.5. The van der Waals surface area contributed by atoms with Crippen molar-refractivity contribution in [2.24, 2.45) is 0 Å². The van der Waals surface area contributed by atoms with E-state index in [1.54, 1.807) is 0 Å². The van der Waals surface area contributed by atoms with Gasteiger partial charge in [-0.05, 0) is 25.7 Å². The second kappa shape index (κ2) is 20.9. The molecule has 4 N–H and O–H groups in total. The molecule has 27 heavy (non-hydrogen) atoms. The minimum Gasteiger partial charge on any atom is -1.00 e. The van der Waals surface area contributed by atoms with Crippen LogP contribution in [0.3, 0.4) is 0 Å². The summed E-state index contributed by atoms with van der Waals surface area (Å²) in [6.45, 7) is 6.35. The van der Waals surface area contributed by atoms with Crippen LogP contribution in [0.4, 0.5) is 0 Å². The summed E-state index contributed by atoms with van der Waals surface area (Å²) in [6, 6.07) is 0. The Kier molecular flexibility index (Phi) is 22.7. The predicted molar refractivity (Wildman–Crippen MR) is 110 cm³/mol. The van der Waals surface area contributed by atoms with Crippen LogP contribution in [-0.2, 0) is 0 Å². The van der Waals surface area contributed by atoms with Crippen molar-refractivity contribution < 1.29 is 32.6 Å². The highest BCUT2D eigenvalue weighted by Gasteiger charge is 2.25. The Morgan fingerprint density at radius 3 is 1.11 bits per heavy atom. The molecule has 0 aliphatic carbocycles. The van der Waals surface area contributed by atoms with Crippen molar-refractivity contribution in [3.8, 4) is 0 Å². The van der Waals surface area contributed by atoms with Gasteiger partial charge < -0.3 is 32.6 Å². The second-order valence-corrected chi connectivity index (χ2v) is 8.15. The molecule has 4 nitrogen and oxygen atoms in total. The zero-order chi connectivity index (χ0) is 19.5. The number of unbranched alkanes of at least 4 members (excludes halogenated alkanes) is 14. The van der Waals surface area contributed by atoms with E-state index in [9.17, 15) is 15.3 Å². The average Bonchev–Trinajstić information content (AvgIpc) is 2.58. The third kappa shape index (κ3) is 24.1. The van der Waals surface area contributed by atoms with Crippen LogP contribution in [0.15, 0.2) is 0 Å². The van der Waals surface area contributed by atoms with Crippen LogP contribution >= 0.6 is 0 Å². The highest BCUT2D eigenvalue weighted by molar-refractivity contribution is 4.49. The fraction of sp³-hybridized carbons (Fsp3) is 1.00.